The molecule has 1 heterocycles. The van der Waals surface area contributed by atoms with E-state index in [0.717, 1.165) is 44.5 Å². The van der Waals surface area contributed by atoms with E-state index < -0.39 is 0 Å². The number of rotatable bonds is 3. The molecular formula is C17H22N2O2. The van der Waals surface area contributed by atoms with Gasteiger partial charge < -0.3 is 15.3 Å². The van der Waals surface area contributed by atoms with Crippen LogP contribution in [0.4, 0.5) is 5.69 Å². The van der Waals surface area contributed by atoms with Crippen LogP contribution in [0.1, 0.15) is 36.0 Å². The van der Waals surface area contributed by atoms with Crippen molar-refractivity contribution in [1.29, 1.82) is 0 Å². The van der Waals surface area contributed by atoms with Gasteiger partial charge in [0.25, 0.3) is 5.91 Å². The molecule has 1 aromatic rings. The molecule has 3 rings (SSSR count). The van der Waals surface area contributed by atoms with Gasteiger partial charge >= 0.3 is 0 Å². The summed E-state index contributed by atoms with van der Waals surface area (Å²) >= 11 is 0. The van der Waals surface area contributed by atoms with E-state index in [9.17, 15) is 9.90 Å². The number of carbonyl (C=O) groups is 1. The lowest BCUT2D eigenvalue weighted by Crippen LogP contribution is -2.36. The second-order valence-electron chi connectivity index (χ2n) is 5.88. The fourth-order valence-corrected chi connectivity index (χ4v) is 2.95. The maximum absolute atomic E-state index is 12.1. The second-order valence-corrected chi connectivity index (χ2v) is 5.88. The van der Waals surface area contributed by atoms with Crippen molar-refractivity contribution in [1.82, 2.24) is 5.32 Å². The highest BCUT2D eigenvalue weighted by Gasteiger charge is 2.18. The maximum Gasteiger partial charge on any atom is 0.251 e. The second kappa shape index (κ2) is 6.31. The van der Waals surface area contributed by atoms with Gasteiger partial charge in [-0.3, -0.25) is 4.79 Å². The SMILES string of the molecule is O=C(NC1CC=CC1)c1ccc(N2CCC(O)CC2)cc1. The predicted molar refractivity (Wildman–Crippen MR) is 83.5 cm³/mol. The molecule has 0 saturated carbocycles. The van der Waals surface area contributed by atoms with Gasteiger partial charge in [-0.25, -0.2) is 0 Å². The number of nitrogens with one attached hydrogen (secondary N) is 1. The van der Waals surface area contributed by atoms with Crippen LogP contribution in [0.5, 0.6) is 0 Å². The third-order valence-electron chi connectivity index (χ3n) is 4.30. The lowest BCUT2D eigenvalue weighted by Gasteiger charge is -2.31. The average molecular weight is 286 g/mol. The number of aliphatic hydroxyl groups excluding tert-OH is 1. The number of nitrogens with zero attached hydrogens (tertiary/aromatic N) is 1. The van der Waals surface area contributed by atoms with Crippen LogP contribution in [0.2, 0.25) is 0 Å². The molecule has 4 nitrogen and oxygen atoms in total. The van der Waals surface area contributed by atoms with Crippen molar-refractivity contribution in [3.8, 4) is 0 Å². The van der Waals surface area contributed by atoms with E-state index >= 15 is 0 Å². The normalized spacial score (nSPS) is 20.0. The number of carbonyl (C=O) groups excluding carboxylic acids is 1. The van der Waals surface area contributed by atoms with Crippen LogP contribution in [0.3, 0.4) is 0 Å². The number of aliphatic hydroxyl groups is 1. The van der Waals surface area contributed by atoms with Crippen molar-refractivity contribution in [2.75, 3.05) is 18.0 Å². The molecule has 21 heavy (non-hydrogen) atoms. The Hall–Kier alpha value is -1.81. The quantitative estimate of drug-likeness (QED) is 0.837. The fourth-order valence-electron chi connectivity index (χ4n) is 2.95. The van der Waals surface area contributed by atoms with Crippen LogP contribution in [0.25, 0.3) is 0 Å². The third-order valence-corrected chi connectivity index (χ3v) is 4.30. The highest BCUT2D eigenvalue weighted by molar-refractivity contribution is 5.94. The molecule has 1 saturated heterocycles. The lowest BCUT2D eigenvalue weighted by atomic mass is 10.1. The highest BCUT2D eigenvalue weighted by Crippen LogP contribution is 2.20. The highest BCUT2D eigenvalue weighted by atomic mass is 16.3. The van der Waals surface area contributed by atoms with Gasteiger partial charge in [0.1, 0.15) is 0 Å². The Morgan fingerprint density at radius 3 is 2.33 bits per heavy atom. The van der Waals surface area contributed by atoms with Crippen molar-refractivity contribution < 1.29 is 9.90 Å². The van der Waals surface area contributed by atoms with Gasteiger partial charge in [-0.2, -0.15) is 0 Å². The van der Waals surface area contributed by atoms with Crippen molar-refractivity contribution in [3.05, 3.63) is 42.0 Å². The molecule has 0 bridgehead atoms. The molecule has 1 aliphatic carbocycles. The molecule has 1 fully saturated rings. The molecule has 1 aromatic carbocycles. The van der Waals surface area contributed by atoms with Gasteiger partial charge in [-0.05, 0) is 49.9 Å². The first-order valence-electron chi connectivity index (χ1n) is 7.71. The first-order valence-corrected chi connectivity index (χ1v) is 7.71. The number of anilines is 1. The minimum absolute atomic E-state index is 0.00400. The van der Waals surface area contributed by atoms with Gasteiger partial charge in [0, 0.05) is 30.4 Å². The lowest BCUT2D eigenvalue weighted by molar-refractivity contribution is 0.0939. The summed E-state index contributed by atoms with van der Waals surface area (Å²) in [5.74, 6) is 0.00400. The topological polar surface area (TPSA) is 52.6 Å². The van der Waals surface area contributed by atoms with Crippen LogP contribution >= 0.6 is 0 Å². The fraction of sp³-hybridized carbons (Fsp3) is 0.471. The van der Waals surface area contributed by atoms with E-state index in [1.165, 1.54) is 0 Å². The number of piperidine rings is 1. The molecular weight excluding hydrogens is 264 g/mol. The number of hydrogen-bond donors (Lipinski definition) is 2. The van der Waals surface area contributed by atoms with E-state index in [4.69, 9.17) is 0 Å². The minimum Gasteiger partial charge on any atom is -0.393 e. The van der Waals surface area contributed by atoms with Crippen molar-refractivity contribution >= 4 is 11.6 Å². The average Bonchev–Trinajstić information content (AvgIpc) is 3.01. The summed E-state index contributed by atoms with van der Waals surface area (Å²) in [5.41, 5.74) is 1.84. The Bertz CT molecular complexity index is 508. The number of hydrogen-bond acceptors (Lipinski definition) is 3. The maximum atomic E-state index is 12.1. The summed E-state index contributed by atoms with van der Waals surface area (Å²) in [6.07, 6.45) is 7.55. The van der Waals surface area contributed by atoms with Crippen LogP contribution in [-0.2, 0) is 0 Å². The van der Waals surface area contributed by atoms with Gasteiger partial charge in [-0.15, -0.1) is 0 Å². The monoisotopic (exact) mass is 286 g/mol. The predicted octanol–water partition coefficient (Wildman–Crippen LogP) is 2.10. The van der Waals surface area contributed by atoms with Gasteiger partial charge in [0.2, 0.25) is 0 Å². The standard InChI is InChI=1S/C17H22N2O2/c20-16-9-11-19(12-10-16)15-7-5-13(6-8-15)17(21)18-14-3-1-2-4-14/h1-2,5-8,14,16,20H,3-4,9-12H2,(H,18,21). The first kappa shape index (κ1) is 14.1. The molecule has 1 amide bonds. The van der Waals surface area contributed by atoms with Crippen LogP contribution < -0.4 is 10.2 Å². The molecule has 0 unspecified atom stereocenters. The first-order chi connectivity index (χ1) is 10.2. The molecule has 2 N–H and O–H groups in total. The van der Waals surface area contributed by atoms with E-state index in [1.54, 1.807) is 0 Å². The van der Waals surface area contributed by atoms with Crippen LogP contribution in [-0.4, -0.2) is 36.2 Å². The third kappa shape index (κ3) is 3.45. The Balaban J connectivity index is 1.59. The Labute approximate surface area is 125 Å². The molecule has 0 radical (unpaired) electrons. The largest absolute Gasteiger partial charge is 0.393 e. The summed E-state index contributed by atoms with van der Waals surface area (Å²) in [7, 11) is 0. The van der Waals surface area contributed by atoms with E-state index in [1.807, 2.05) is 24.3 Å². The molecule has 0 atom stereocenters. The summed E-state index contributed by atoms with van der Waals surface area (Å²) in [4.78, 5) is 14.4. The van der Waals surface area contributed by atoms with E-state index in [-0.39, 0.29) is 18.1 Å². The number of benzene rings is 1. The zero-order chi connectivity index (χ0) is 14.7. The zero-order valence-electron chi connectivity index (χ0n) is 12.2. The minimum atomic E-state index is -0.161. The van der Waals surface area contributed by atoms with Gasteiger partial charge in [0.05, 0.1) is 6.10 Å². The van der Waals surface area contributed by atoms with E-state index in [0.29, 0.717) is 5.56 Å². The molecule has 112 valence electrons. The zero-order valence-corrected chi connectivity index (χ0v) is 12.2. The molecule has 1 aliphatic heterocycles. The summed E-state index contributed by atoms with van der Waals surface area (Å²) in [6.45, 7) is 1.75. The van der Waals surface area contributed by atoms with Crippen molar-refractivity contribution in [2.45, 2.75) is 37.8 Å². The molecule has 4 heteroatoms. The number of amides is 1. The summed E-state index contributed by atoms with van der Waals surface area (Å²) in [6, 6.07) is 8.02. The Kier molecular flexibility index (Phi) is 4.25. The van der Waals surface area contributed by atoms with Crippen molar-refractivity contribution in [3.63, 3.8) is 0 Å². The smallest absolute Gasteiger partial charge is 0.251 e. The van der Waals surface area contributed by atoms with Crippen LogP contribution in [0.15, 0.2) is 36.4 Å². The van der Waals surface area contributed by atoms with Crippen LogP contribution in [0, 0.1) is 0 Å². The van der Waals surface area contributed by atoms with E-state index in [2.05, 4.69) is 22.4 Å². The van der Waals surface area contributed by atoms with Crippen molar-refractivity contribution in [2.24, 2.45) is 0 Å². The van der Waals surface area contributed by atoms with Gasteiger partial charge in [0.15, 0.2) is 0 Å². The molecule has 0 spiro atoms. The van der Waals surface area contributed by atoms with Gasteiger partial charge in [-0.1, -0.05) is 12.2 Å². The Morgan fingerprint density at radius 1 is 1.10 bits per heavy atom. The molecule has 0 aromatic heterocycles. The summed E-state index contributed by atoms with van der Waals surface area (Å²) in [5, 5.41) is 12.6. The Morgan fingerprint density at radius 2 is 1.71 bits per heavy atom. The summed E-state index contributed by atoms with van der Waals surface area (Å²) < 4.78 is 0. The molecule has 2 aliphatic rings.